The minimum Gasteiger partial charge on any atom is -0.497 e. The second-order valence-corrected chi connectivity index (χ2v) is 11.4. The average molecular weight is 554 g/mol. The van der Waals surface area contributed by atoms with E-state index in [1.807, 2.05) is 41.3 Å². The number of para-hydroxylation sites is 1. The van der Waals surface area contributed by atoms with Crippen molar-refractivity contribution in [2.75, 3.05) is 18.6 Å². The van der Waals surface area contributed by atoms with Crippen molar-refractivity contribution in [3.05, 3.63) is 119 Å². The van der Waals surface area contributed by atoms with Crippen LogP contribution in [0.3, 0.4) is 0 Å². The maximum Gasteiger partial charge on any atom is 0.414 e. The molecular formula is C37H47NO3. The number of carbonyl (C=O) groups is 1. The van der Waals surface area contributed by atoms with Crippen molar-refractivity contribution in [3.8, 4) is 5.75 Å². The molecule has 0 saturated heterocycles. The van der Waals surface area contributed by atoms with Crippen molar-refractivity contribution in [3.63, 3.8) is 0 Å². The molecule has 218 valence electrons. The zero-order chi connectivity index (χ0) is 29.9. The summed E-state index contributed by atoms with van der Waals surface area (Å²) >= 11 is 0. The highest BCUT2D eigenvalue weighted by Crippen LogP contribution is 2.41. The molecule has 3 aromatic carbocycles. The van der Waals surface area contributed by atoms with Crippen LogP contribution in [0.2, 0.25) is 0 Å². The van der Waals surface area contributed by atoms with Crippen LogP contribution in [0.5, 0.6) is 5.75 Å². The number of amides is 1. The highest BCUT2D eigenvalue weighted by molar-refractivity contribution is 5.89. The van der Waals surface area contributed by atoms with Gasteiger partial charge in [0.25, 0.3) is 0 Å². The van der Waals surface area contributed by atoms with Gasteiger partial charge in [0.15, 0.2) is 0 Å². The lowest BCUT2D eigenvalue weighted by Crippen LogP contribution is -2.38. The lowest BCUT2D eigenvalue weighted by Gasteiger charge is -2.36. The molecule has 2 atom stereocenters. The van der Waals surface area contributed by atoms with Crippen LogP contribution in [0.15, 0.2) is 91.0 Å². The summed E-state index contributed by atoms with van der Waals surface area (Å²) in [5.41, 5.74) is 7.98. The summed E-state index contributed by atoms with van der Waals surface area (Å²) in [6, 6.07) is 22.8. The summed E-state index contributed by atoms with van der Waals surface area (Å²) in [6.45, 7) is 16.9. The number of allylic oxidation sites excluding steroid dienone is 3. The van der Waals surface area contributed by atoms with Crippen molar-refractivity contribution in [1.82, 2.24) is 0 Å². The minimum atomic E-state index is -0.313. The Morgan fingerprint density at radius 1 is 1.02 bits per heavy atom. The Morgan fingerprint density at radius 3 is 2.34 bits per heavy atom. The van der Waals surface area contributed by atoms with Gasteiger partial charge in [0.05, 0.1) is 25.4 Å². The van der Waals surface area contributed by atoms with Crippen LogP contribution in [0.1, 0.15) is 80.3 Å². The normalized spacial score (nSPS) is 13.0. The van der Waals surface area contributed by atoms with Gasteiger partial charge in [-0.25, -0.2) is 4.79 Å². The molecule has 0 bridgehead atoms. The molecule has 0 heterocycles. The molecule has 0 aliphatic rings. The van der Waals surface area contributed by atoms with Crippen LogP contribution < -0.4 is 9.64 Å². The predicted octanol–water partition coefficient (Wildman–Crippen LogP) is 9.91. The maximum atomic E-state index is 14.1. The molecule has 3 aromatic rings. The molecule has 2 unspecified atom stereocenters. The number of aryl methyl sites for hydroxylation is 3. The van der Waals surface area contributed by atoms with Crippen molar-refractivity contribution in [2.45, 2.75) is 72.8 Å². The highest BCUT2D eigenvalue weighted by Gasteiger charge is 2.33. The monoisotopic (exact) mass is 553 g/mol. The van der Waals surface area contributed by atoms with Crippen LogP contribution in [-0.2, 0) is 11.2 Å². The molecule has 41 heavy (non-hydrogen) atoms. The average Bonchev–Trinajstić information content (AvgIpc) is 2.96. The predicted molar refractivity (Wildman–Crippen MR) is 172 cm³/mol. The number of ether oxygens (including phenoxy) is 2. The van der Waals surface area contributed by atoms with Gasteiger partial charge in [-0.2, -0.15) is 0 Å². The number of nitrogens with zero attached hydrogens (tertiary/aromatic N) is 1. The van der Waals surface area contributed by atoms with Gasteiger partial charge in [-0.1, -0.05) is 99.2 Å². The summed E-state index contributed by atoms with van der Waals surface area (Å²) in [7, 11) is 1.69. The molecule has 1 amide bonds. The van der Waals surface area contributed by atoms with E-state index in [9.17, 15) is 4.79 Å². The van der Waals surface area contributed by atoms with Crippen molar-refractivity contribution in [2.24, 2.45) is 5.92 Å². The standard InChI is InChI=1S/C37H47NO3/c1-9-13-27(5)23-32(31-17-19-33(40-8)20-18-31)24-36(34-21-16-28(6)22-30(34)10-2)38(37(39)41-25-26(3)4)35-15-12-11-14-29(35)7/h9,11-22,26,32,36H,1,10,23-25H2,2-8H3/b27-13-. The van der Waals surface area contributed by atoms with Crippen LogP contribution >= 0.6 is 0 Å². The van der Waals surface area contributed by atoms with E-state index in [1.165, 1.54) is 22.3 Å². The smallest absolute Gasteiger partial charge is 0.414 e. The third-order valence-corrected chi connectivity index (χ3v) is 7.53. The van der Waals surface area contributed by atoms with Crippen LogP contribution in [-0.4, -0.2) is 19.8 Å². The zero-order valence-electron chi connectivity index (χ0n) is 25.9. The fourth-order valence-electron chi connectivity index (χ4n) is 5.41. The molecule has 4 heteroatoms. The van der Waals surface area contributed by atoms with Gasteiger partial charge in [0, 0.05) is 0 Å². The van der Waals surface area contributed by atoms with E-state index in [1.54, 1.807) is 7.11 Å². The minimum absolute atomic E-state index is 0.137. The highest BCUT2D eigenvalue weighted by atomic mass is 16.6. The van der Waals surface area contributed by atoms with E-state index in [4.69, 9.17) is 9.47 Å². The van der Waals surface area contributed by atoms with E-state index < -0.39 is 0 Å². The summed E-state index contributed by atoms with van der Waals surface area (Å²) in [6.07, 6.45) is 6.03. The second-order valence-electron chi connectivity index (χ2n) is 11.4. The third-order valence-electron chi connectivity index (χ3n) is 7.53. The molecule has 0 aromatic heterocycles. The molecule has 0 aliphatic carbocycles. The summed E-state index contributed by atoms with van der Waals surface area (Å²) < 4.78 is 11.4. The molecule has 0 N–H and O–H groups in total. The first-order valence-electron chi connectivity index (χ1n) is 14.7. The Labute approximate surface area is 247 Å². The second kappa shape index (κ2) is 15.3. The molecule has 0 fully saturated rings. The number of anilines is 1. The topological polar surface area (TPSA) is 38.8 Å². The largest absolute Gasteiger partial charge is 0.497 e. The SMILES string of the molecule is C=C/C=C(/C)CC(CC(c1ccc(C)cc1CC)N(C(=O)OCC(C)C)c1ccccc1C)c1ccc(OC)cc1. The van der Waals surface area contributed by atoms with Gasteiger partial charge in [-0.3, -0.25) is 4.90 Å². The van der Waals surface area contributed by atoms with Gasteiger partial charge >= 0.3 is 6.09 Å². The number of methoxy groups -OCH3 is 1. The Balaban J connectivity index is 2.24. The van der Waals surface area contributed by atoms with Crippen LogP contribution in [0, 0.1) is 19.8 Å². The summed E-state index contributed by atoms with van der Waals surface area (Å²) in [5.74, 6) is 1.20. The molecular weight excluding hydrogens is 506 g/mol. The van der Waals surface area contributed by atoms with E-state index in [2.05, 4.69) is 90.6 Å². The first kappa shape index (κ1) is 31.7. The number of hydrogen-bond acceptors (Lipinski definition) is 3. The number of benzene rings is 3. The molecule has 0 saturated carbocycles. The van der Waals surface area contributed by atoms with Gasteiger partial charge in [0.1, 0.15) is 5.75 Å². The Hall–Kier alpha value is -3.79. The number of rotatable bonds is 13. The van der Waals surface area contributed by atoms with Crippen molar-refractivity contribution >= 4 is 11.8 Å². The van der Waals surface area contributed by atoms with E-state index in [0.717, 1.165) is 41.8 Å². The van der Waals surface area contributed by atoms with Crippen LogP contribution in [0.4, 0.5) is 10.5 Å². The fourth-order valence-corrected chi connectivity index (χ4v) is 5.41. The van der Waals surface area contributed by atoms with Gasteiger partial charge in [-0.05, 0) is 92.3 Å². The molecule has 3 rings (SSSR count). The fraction of sp³-hybridized carbons (Fsp3) is 0.378. The Morgan fingerprint density at radius 2 is 1.73 bits per heavy atom. The van der Waals surface area contributed by atoms with Crippen molar-refractivity contribution < 1.29 is 14.3 Å². The molecule has 0 aliphatic heterocycles. The zero-order valence-corrected chi connectivity index (χ0v) is 25.9. The Kier molecular flexibility index (Phi) is 11.8. The first-order chi connectivity index (χ1) is 19.7. The lowest BCUT2D eigenvalue weighted by atomic mass is 9.82. The van der Waals surface area contributed by atoms with Gasteiger partial charge in [0.2, 0.25) is 0 Å². The molecule has 0 radical (unpaired) electrons. The van der Waals surface area contributed by atoms with Crippen molar-refractivity contribution in [1.29, 1.82) is 0 Å². The third kappa shape index (κ3) is 8.60. The molecule has 0 spiro atoms. The van der Waals surface area contributed by atoms with Gasteiger partial charge in [-0.15, -0.1) is 0 Å². The number of hydrogen-bond donors (Lipinski definition) is 0. The molecule has 4 nitrogen and oxygen atoms in total. The van der Waals surface area contributed by atoms with E-state index in [0.29, 0.717) is 6.61 Å². The van der Waals surface area contributed by atoms with Crippen LogP contribution in [0.25, 0.3) is 0 Å². The lowest BCUT2D eigenvalue weighted by molar-refractivity contribution is 0.137. The maximum absolute atomic E-state index is 14.1. The van der Waals surface area contributed by atoms with E-state index in [-0.39, 0.29) is 24.0 Å². The Bertz CT molecular complexity index is 1320. The first-order valence-corrected chi connectivity index (χ1v) is 14.7. The number of carbonyl (C=O) groups excluding carboxylic acids is 1. The van der Waals surface area contributed by atoms with Gasteiger partial charge < -0.3 is 9.47 Å². The quantitative estimate of drug-likeness (QED) is 0.198. The van der Waals surface area contributed by atoms with E-state index >= 15 is 0 Å². The summed E-state index contributed by atoms with van der Waals surface area (Å²) in [5, 5.41) is 0. The summed E-state index contributed by atoms with van der Waals surface area (Å²) in [4.78, 5) is 16.0.